The summed E-state index contributed by atoms with van der Waals surface area (Å²) >= 11 is 5.93. The van der Waals surface area contributed by atoms with Crippen LogP contribution in [-0.2, 0) is 21.2 Å². The second-order valence-corrected chi connectivity index (χ2v) is 6.28. The number of fused-ring (bicyclic) bond motifs is 1. The van der Waals surface area contributed by atoms with E-state index in [1.165, 1.54) is 12.1 Å². The van der Waals surface area contributed by atoms with Gasteiger partial charge in [-0.1, -0.05) is 11.6 Å². The van der Waals surface area contributed by atoms with Gasteiger partial charge in [0.1, 0.15) is 4.90 Å². The third-order valence-corrected chi connectivity index (χ3v) is 4.63. The van der Waals surface area contributed by atoms with Crippen molar-refractivity contribution in [2.24, 2.45) is 0 Å². The minimum absolute atomic E-state index is 0.0532. The molecule has 0 spiro atoms. The van der Waals surface area contributed by atoms with Crippen LogP contribution in [0, 0.1) is 0 Å². The normalized spacial score (nSPS) is 14.3. The number of benzene rings is 1. The number of sulfonamides is 1. The van der Waals surface area contributed by atoms with Gasteiger partial charge >= 0.3 is 0 Å². The number of hydrogen-bond acceptors (Lipinski definition) is 4. The average Bonchev–Trinajstić information content (AvgIpc) is 2.67. The molecule has 3 N–H and O–H groups in total. The molecule has 8 heteroatoms. The predicted octanol–water partition coefficient (Wildman–Crippen LogP) is 0.495. The van der Waals surface area contributed by atoms with Gasteiger partial charge in [-0.25, -0.2) is 13.1 Å². The van der Waals surface area contributed by atoms with E-state index < -0.39 is 10.0 Å². The molecule has 19 heavy (non-hydrogen) atoms. The highest BCUT2D eigenvalue weighted by Crippen LogP contribution is 2.32. The van der Waals surface area contributed by atoms with Crippen molar-refractivity contribution in [3.05, 3.63) is 22.7 Å². The van der Waals surface area contributed by atoms with Crippen LogP contribution in [0.25, 0.3) is 0 Å². The molecule has 1 aromatic carbocycles. The zero-order valence-electron chi connectivity index (χ0n) is 9.94. The Morgan fingerprint density at radius 2 is 2.16 bits per heavy atom. The maximum atomic E-state index is 12.0. The van der Waals surface area contributed by atoms with Crippen molar-refractivity contribution >= 4 is 33.2 Å². The van der Waals surface area contributed by atoms with Gasteiger partial charge in [-0.3, -0.25) is 4.79 Å². The summed E-state index contributed by atoms with van der Waals surface area (Å²) in [6.45, 7) is 0.0300. The van der Waals surface area contributed by atoms with Gasteiger partial charge in [0, 0.05) is 18.8 Å². The van der Waals surface area contributed by atoms with Gasteiger partial charge in [-0.05, 0) is 24.1 Å². The second kappa shape index (κ2) is 5.46. The molecule has 0 aliphatic carbocycles. The Hall–Kier alpha value is -1.15. The highest BCUT2D eigenvalue weighted by molar-refractivity contribution is 7.89. The van der Waals surface area contributed by atoms with Crippen LogP contribution in [0.15, 0.2) is 17.0 Å². The Labute approximate surface area is 115 Å². The summed E-state index contributed by atoms with van der Waals surface area (Å²) in [5.74, 6) is -0.186. The number of amides is 1. The topological polar surface area (TPSA) is 95.5 Å². The van der Waals surface area contributed by atoms with Gasteiger partial charge in [-0.2, -0.15) is 0 Å². The number of carbonyl (C=O) groups excluding carboxylic acids is 1. The molecule has 1 heterocycles. The van der Waals surface area contributed by atoms with Crippen molar-refractivity contribution in [3.8, 4) is 0 Å². The first-order valence-corrected chi connectivity index (χ1v) is 7.53. The molecule has 6 nitrogen and oxygen atoms in total. The number of hydrogen-bond donors (Lipinski definition) is 3. The Morgan fingerprint density at radius 3 is 2.84 bits per heavy atom. The molecule has 1 aliphatic heterocycles. The molecule has 0 radical (unpaired) electrons. The van der Waals surface area contributed by atoms with Gasteiger partial charge in [0.25, 0.3) is 0 Å². The Balaban J connectivity index is 2.30. The summed E-state index contributed by atoms with van der Waals surface area (Å²) in [5, 5.41) is 11.3. The quantitative estimate of drug-likeness (QED) is 0.690. The molecule has 0 atom stereocenters. The van der Waals surface area contributed by atoms with E-state index in [1.54, 1.807) is 0 Å². The first kappa shape index (κ1) is 14.3. The van der Waals surface area contributed by atoms with Gasteiger partial charge in [-0.15, -0.1) is 0 Å². The summed E-state index contributed by atoms with van der Waals surface area (Å²) in [4.78, 5) is 11.2. The first-order chi connectivity index (χ1) is 8.94. The number of rotatable bonds is 5. The molecule has 2 rings (SSSR count). The first-order valence-electron chi connectivity index (χ1n) is 5.67. The minimum Gasteiger partial charge on any atom is -0.396 e. The molecule has 0 unspecified atom stereocenters. The van der Waals surface area contributed by atoms with Crippen molar-refractivity contribution in [3.63, 3.8) is 0 Å². The van der Waals surface area contributed by atoms with Crippen molar-refractivity contribution in [1.82, 2.24) is 4.72 Å². The van der Waals surface area contributed by atoms with Crippen LogP contribution in [0.1, 0.15) is 12.0 Å². The van der Waals surface area contributed by atoms with Crippen molar-refractivity contribution in [1.29, 1.82) is 0 Å². The standard InChI is InChI=1S/C11H13ClN2O4S/c12-8-6-9-7(5-11(16)14-9)4-10(8)19(17,18)13-2-1-3-15/h4,6,13,15H,1-3,5H2,(H,14,16). The molecule has 0 aromatic heterocycles. The molecule has 1 amide bonds. The van der Waals surface area contributed by atoms with E-state index in [0.29, 0.717) is 17.7 Å². The van der Waals surface area contributed by atoms with E-state index in [1.807, 2.05) is 0 Å². The van der Waals surface area contributed by atoms with Crippen molar-refractivity contribution in [2.45, 2.75) is 17.7 Å². The Morgan fingerprint density at radius 1 is 1.42 bits per heavy atom. The fourth-order valence-electron chi connectivity index (χ4n) is 1.79. The molecule has 0 bridgehead atoms. The second-order valence-electron chi connectivity index (χ2n) is 4.14. The Kier molecular flexibility index (Phi) is 4.10. The molecular formula is C11H13ClN2O4S. The molecule has 0 saturated heterocycles. The van der Waals surface area contributed by atoms with Gasteiger partial charge in [0.15, 0.2) is 0 Å². The number of anilines is 1. The lowest BCUT2D eigenvalue weighted by atomic mass is 10.2. The van der Waals surface area contributed by atoms with Gasteiger partial charge in [0.2, 0.25) is 15.9 Å². The summed E-state index contributed by atoms with van der Waals surface area (Å²) in [5.41, 5.74) is 1.15. The van der Waals surface area contributed by atoms with Crippen LogP contribution in [0.3, 0.4) is 0 Å². The monoisotopic (exact) mass is 304 g/mol. The lowest BCUT2D eigenvalue weighted by Gasteiger charge is -2.09. The number of aliphatic hydroxyl groups is 1. The fourth-order valence-corrected chi connectivity index (χ4v) is 3.44. The predicted molar refractivity (Wildman–Crippen MR) is 70.7 cm³/mol. The maximum absolute atomic E-state index is 12.0. The minimum atomic E-state index is -3.73. The third-order valence-electron chi connectivity index (χ3n) is 2.70. The van der Waals surface area contributed by atoms with Gasteiger partial charge < -0.3 is 10.4 Å². The fraction of sp³-hybridized carbons (Fsp3) is 0.364. The largest absolute Gasteiger partial charge is 0.396 e. The lowest BCUT2D eigenvalue weighted by Crippen LogP contribution is -2.25. The van der Waals surface area contributed by atoms with E-state index in [0.717, 1.165) is 0 Å². The van der Waals surface area contributed by atoms with Crippen molar-refractivity contribution in [2.75, 3.05) is 18.5 Å². The van der Waals surface area contributed by atoms with E-state index in [2.05, 4.69) is 10.0 Å². The molecule has 1 aromatic rings. The van der Waals surface area contributed by atoms with Crippen LogP contribution < -0.4 is 10.0 Å². The van der Waals surface area contributed by atoms with Crippen LogP contribution in [0.4, 0.5) is 5.69 Å². The van der Waals surface area contributed by atoms with Crippen molar-refractivity contribution < 1.29 is 18.3 Å². The molecule has 0 saturated carbocycles. The highest BCUT2D eigenvalue weighted by atomic mass is 35.5. The third kappa shape index (κ3) is 3.06. The zero-order chi connectivity index (χ0) is 14.0. The SMILES string of the molecule is O=C1Cc2cc(S(=O)(=O)NCCCO)c(Cl)cc2N1. The average molecular weight is 305 g/mol. The zero-order valence-corrected chi connectivity index (χ0v) is 11.5. The van der Waals surface area contributed by atoms with Gasteiger partial charge in [0.05, 0.1) is 11.4 Å². The number of carbonyl (C=O) groups is 1. The summed E-state index contributed by atoms with van der Waals surface area (Å²) in [6.07, 6.45) is 0.466. The Bertz CT molecular complexity index is 615. The molecule has 104 valence electrons. The summed E-state index contributed by atoms with van der Waals surface area (Å²) in [6, 6.07) is 2.83. The lowest BCUT2D eigenvalue weighted by molar-refractivity contribution is -0.115. The van der Waals surface area contributed by atoms with E-state index in [4.69, 9.17) is 16.7 Å². The summed E-state index contributed by atoms with van der Waals surface area (Å²) < 4.78 is 26.4. The van der Waals surface area contributed by atoms with Crippen LogP contribution in [-0.4, -0.2) is 32.6 Å². The number of halogens is 1. The van der Waals surface area contributed by atoms with E-state index in [-0.39, 0.29) is 35.4 Å². The van der Waals surface area contributed by atoms with E-state index in [9.17, 15) is 13.2 Å². The maximum Gasteiger partial charge on any atom is 0.242 e. The van der Waals surface area contributed by atoms with Crippen LogP contribution in [0.2, 0.25) is 5.02 Å². The molecular weight excluding hydrogens is 292 g/mol. The number of nitrogens with one attached hydrogen (secondary N) is 2. The smallest absolute Gasteiger partial charge is 0.242 e. The molecule has 0 fully saturated rings. The van der Waals surface area contributed by atoms with Crippen LogP contribution in [0.5, 0.6) is 0 Å². The number of aliphatic hydroxyl groups excluding tert-OH is 1. The molecule has 1 aliphatic rings. The summed E-state index contributed by atoms with van der Waals surface area (Å²) in [7, 11) is -3.73. The van der Waals surface area contributed by atoms with E-state index >= 15 is 0 Å². The van der Waals surface area contributed by atoms with Crippen LogP contribution >= 0.6 is 11.6 Å². The highest BCUT2D eigenvalue weighted by Gasteiger charge is 2.24.